The number of ketones is 1. The summed E-state index contributed by atoms with van der Waals surface area (Å²) < 4.78 is 9.49. The van der Waals surface area contributed by atoms with E-state index in [0.717, 1.165) is 23.4 Å². The maximum atomic E-state index is 11.5. The van der Waals surface area contributed by atoms with Gasteiger partial charge in [-0.3, -0.25) is 19.2 Å². The van der Waals surface area contributed by atoms with Crippen LogP contribution in [0.3, 0.4) is 0 Å². The zero-order valence-electron chi connectivity index (χ0n) is 20.2. The molecule has 1 saturated carbocycles. The van der Waals surface area contributed by atoms with Gasteiger partial charge in [-0.1, -0.05) is 48.3 Å². The minimum atomic E-state index is -0.209. The van der Waals surface area contributed by atoms with E-state index in [1.807, 2.05) is 26.1 Å². The predicted octanol–water partition coefficient (Wildman–Crippen LogP) is 4.49. The zero-order valence-corrected chi connectivity index (χ0v) is 24.8. The molecule has 2 unspecified atom stereocenters. The first-order valence-electron chi connectivity index (χ1n) is 10.8. The average Bonchev–Trinajstić information content (AvgIpc) is 3.48. The van der Waals surface area contributed by atoms with Gasteiger partial charge in [0.15, 0.2) is 12.4 Å². The van der Waals surface area contributed by atoms with E-state index < -0.39 is 0 Å². The molecule has 1 aliphatic heterocycles. The molecule has 1 saturated heterocycles. The molecule has 194 valence electrons. The first-order chi connectivity index (χ1) is 16.4. The minimum Gasteiger partial charge on any atom is -0.459 e. The number of rotatable bonds is 7. The van der Waals surface area contributed by atoms with E-state index in [9.17, 15) is 19.2 Å². The molecule has 34 heavy (non-hydrogen) atoms. The van der Waals surface area contributed by atoms with Crippen LogP contribution < -0.4 is 5.32 Å². The Labute approximate surface area is 229 Å². The maximum absolute atomic E-state index is 11.5. The number of carbonyl (C=O) groups excluding carboxylic acids is 4. The number of amides is 2. The molecular weight excluding hydrogens is 639 g/mol. The number of fused-ring (bicyclic) bond motifs is 2. The van der Waals surface area contributed by atoms with E-state index in [-0.39, 0.29) is 31.3 Å². The fourth-order valence-electron chi connectivity index (χ4n) is 3.29. The van der Waals surface area contributed by atoms with Gasteiger partial charge in [0.2, 0.25) is 12.3 Å². The molecule has 1 aromatic rings. The van der Waals surface area contributed by atoms with Crippen LogP contribution in [0, 0.1) is 5.92 Å². The van der Waals surface area contributed by atoms with Crippen molar-refractivity contribution < 1.29 is 28.7 Å². The number of piperidine rings is 1. The van der Waals surface area contributed by atoms with E-state index in [2.05, 4.69) is 54.4 Å². The van der Waals surface area contributed by atoms with E-state index in [4.69, 9.17) is 0 Å². The number of methoxy groups -OCH3 is 1. The Morgan fingerprint density at radius 2 is 1.74 bits per heavy atom. The van der Waals surface area contributed by atoms with Gasteiger partial charge >= 0.3 is 0 Å². The van der Waals surface area contributed by atoms with Gasteiger partial charge in [0.25, 0.3) is 6.47 Å². The van der Waals surface area contributed by atoms with Crippen molar-refractivity contribution in [1.29, 1.82) is 0 Å². The molecule has 1 aliphatic carbocycles. The number of benzene rings is 1. The Hall–Kier alpha value is -1.18. The van der Waals surface area contributed by atoms with Crippen molar-refractivity contribution in [2.75, 3.05) is 33.9 Å². The highest BCUT2D eigenvalue weighted by atomic mass is 127. The zero-order chi connectivity index (χ0) is 26.4. The van der Waals surface area contributed by atoms with Gasteiger partial charge in [0.1, 0.15) is 0 Å². The van der Waals surface area contributed by atoms with Gasteiger partial charge in [-0.25, -0.2) is 0 Å². The first kappa shape index (κ1) is 35.0. The SMILES string of the molecule is CCC.COC.O=CNCC(=O)N1CC2CCC1C2.O=COCC(=O)c1ccc(Br)cc1.SI. The molecule has 2 aliphatic rings. The van der Waals surface area contributed by atoms with Crippen LogP contribution in [0.5, 0.6) is 0 Å². The summed E-state index contributed by atoms with van der Waals surface area (Å²) in [7, 11) is 6.75. The minimum absolute atomic E-state index is 0.0688. The molecule has 8 nitrogen and oxygen atoms in total. The monoisotopic (exact) mass is 674 g/mol. The van der Waals surface area contributed by atoms with Crippen molar-refractivity contribution in [3.63, 3.8) is 0 Å². The summed E-state index contributed by atoms with van der Waals surface area (Å²) in [5.74, 6) is 0.587. The number of nitrogens with one attached hydrogen (secondary N) is 1. The van der Waals surface area contributed by atoms with Crippen molar-refractivity contribution in [3.8, 4) is 0 Å². The molecule has 0 radical (unpaired) electrons. The van der Waals surface area contributed by atoms with Crippen LogP contribution in [0.25, 0.3) is 0 Å². The summed E-state index contributed by atoms with van der Waals surface area (Å²) in [6.07, 6.45) is 5.42. The third-order valence-corrected chi connectivity index (χ3v) is 5.04. The third kappa shape index (κ3) is 15.7. The lowest BCUT2D eigenvalue weighted by atomic mass is 10.1. The van der Waals surface area contributed by atoms with Crippen LogP contribution in [-0.2, 0) is 23.9 Å². The lowest BCUT2D eigenvalue weighted by Crippen LogP contribution is -2.42. The van der Waals surface area contributed by atoms with E-state index in [1.54, 1.807) is 38.5 Å². The maximum Gasteiger partial charge on any atom is 0.293 e. The van der Waals surface area contributed by atoms with Gasteiger partial charge < -0.3 is 19.7 Å². The molecule has 1 N–H and O–H groups in total. The first-order valence-corrected chi connectivity index (χ1v) is 14.8. The molecule has 1 heterocycles. The second-order valence-electron chi connectivity index (χ2n) is 7.33. The van der Waals surface area contributed by atoms with Crippen molar-refractivity contribution in [3.05, 3.63) is 34.3 Å². The summed E-state index contributed by atoms with van der Waals surface area (Å²) >= 11 is 5.09. The summed E-state index contributed by atoms with van der Waals surface area (Å²) in [6.45, 7) is 5.37. The molecule has 1 aromatic carbocycles. The Kier molecular flexibility index (Phi) is 24.2. The van der Waals surface area contributed by atoms with E-state index in [0.29, 0.717) is 18.0 Å². The van der Waals surface area contributed by atoms with Gasteiger partial charge in [-0.2, -0.15) is 0 Å². The number of halogens is 2. The number of likely N-dealkylation sites (tertiary alicyclic amines) is 1. The lowest BCUT2D eigenvalue weighted by molar-refractivity contribution is -0.132. The van der Waals surface area contributed by atoms with E-state index >= 15 is 0 Å². The molecule has 2 atom stereocenters. The van der Waals surface area contributed by atoms with Crippen LogP contribution in [0.4, 0.5) is 0 Å². The van der Waals surface area contributed by atoms with Gasteiger partial charge in [0, 0.05) is 36.8 Å². The summed E-state index contributed by atoms with van der Waals surface area (Å²) in [6, 6.07) is 7.31. The molecule has 2 bridgehead atoms. The molecule has 11 heteroatoms. The van der Waals surface area contributed by atoms with Gasteiger partial charge in [-0.15, -0.1) is 9.80 Å². The van der Waals surface area contributed by atoms with Crippen LogP contribution in [-0.4, -0.2) is 69.4 Å². The fourth-order valence-corrected chi connectivity index (χ4v) is 3.55. The molecule has 0 aromatic heterocycles. The Balaban J connectivity index is 0. The Bertz CT molecular complexity index is 695. The Morgan fingerprint density at radius 3 is 2.15 bits per heavy atom. The second-order valence-corrected chi connectivity index (χ2v) is 8.25. The number of carbonyl (C=O) groups is 4. The Morgan fingerprint density at radius 1 is 1.18 bits per heavy atom. The van der Waals surface area contributed by atoms with Crippen LogP contribution in [0.1, 0.15) is 49.9 Å². The van der Waals surface area contributed by atoms with Gasteiger partial charge in [-0.05, 0) is 58.5 Å². The molecule has 3 rings (SSSR count). The average molecular weight is 675 g/mol. The summed E-state index contributed by atoms with van der Waals surface area (Å²) in [5, 5.41) is 2.41. The number of Topliss-reactive ketones (excluding diaryl/α,β-unsaturated/α-hetero) is 1. The largest absolute Gasteiger partial charge is 0.459 e. The topological polar surface area (TPSA) is 102 Å². The van der Waals surface area contributed by atoms with E-state index in [1.165, 1.54) is 19.3 Å². The number of hydrogen-bond acceptors (Lipinski definition) is 7. The number of hydrogen-bond donors (Lipinski definition) is 2. The molecule has 0 spiro atoms. The van der Waals surface area contributed by atoms with Crippen molar-refractivity contribution in [2.45, 2.75) is 45.6 Å². The highest BCUT2D eigenvalue weighted by molar-refractivity contribution is 14.2. The normalized spacial score (nSPS) is 16.5. The standard InChI is InChI=1S/C9H7BrO3.C9H14N2O2.C3H8.C2H6O.HIS/c10-8-3-1-7(2-4-8)9(12)5-13-6-11;12-6-10-4-9(13)11-5-7-1-2-8(11)3-7;2*1-3-2;1-2/h1-4,6H,5H2;6-8H,1-5H2,(H,10,12);3H2,1-2H3;1-2H3;2H. The molecule has 2 fully saturated rings. The fraction of sp³-hybridized carbons (Fsp3) is 0.565. The lowest BCUT2D eigenvalue weighted by Gasteiger charge is -2.26. The van der Waals surface area contributed by atoms with Crippen LogP contribution in [0.2, 0.25) is 0 Å². The van der Waals surface area contributed by atoms with Crippen LogP contribution in [0.15, 0.2) is 28.7 Å². The second kappa shape index (κ2) is 23.6. The highest BCUT2D eigenvalue weighted by Crippen LogP contribution is 2.37. The van der Waals surface area contributed by atoms with Crippen molar-refractivity contribution in [2.24, 2.45) is 5.92 Å². The van der Waals surface area contributed by atoms with Crippen LogP contribution >= 0.6 is 46.9 Å². The predicted molar refractivity (Wildman–Crippen MR) is 149 cm³/mol. The van der Waals surface area contributed by atoms with Gasteiger partial charge in [0.05, 0.1) is 6.54 Å². The highest BCUT2D eigenvalue weighted by Gasteiger charge is 2.39. The molecular formula is C23H36BrIN2O6S. The van der Waals surface area contributed by atoms with Crippen molar-refractivity contribution >= 4 is 71.5 Å². The van der Waals surface area contributed by atoms with Crippen molar-refractivity contribution in [1.82, 2.24) is 10.2 Å². The summed E-state index contributed by atoms with van der Waals surface area (Å²) in [4.78, 5) is 44.5. The number of thiol groups is 1. The number of ether oxygens (including phenoxy) is 2. The quantitative estimate of drug-likeness (QED) is 0.191. The summed E-state index contributed by atoms with van der Waals surface area (Å²) in [5.41, 5.74) is 0.532. The number of nitrogens with zero attached hydrogens (tertiary/aromatic N) is 1. The molecule has 2 amide bonds. The third-order valence-electron chi connectivity index (χ3n) is 4.51. The smallest absolute Gasteiger partial charge is 0.293 e.